The number of carbonyl (C=O) groups excluding carboxylic acids is 2. The average molecular weight is 464 g/mol. The fourth-order valence-electron chi connectivity index (χ4n) is 3.16. The molecule has 0 unspecified atom stereocenters. The van der Waals surface area contributed by atoms with Gasteiger partial charge in [0, 0.05) is 12.5 Å². The molecule has 1 aliphatic heterocycles. The van der Waals surface area contributed by atoms with E-state index in [-0.39, 0.29) is 28.4 Å². The van der Waals surface area contributed by atoms with Gasteiger partial charge >= 0.3 is 5.97 Å². The van der Waals surface area contributed by atoms with Crippen molar-refractivity contribution >= 4 is 23.3 Å². The Morgan fingerprint density at radius 1 is 0.941 bits per heavy atom. The number of fused-ring (bicyclic) bond motifs is 1. The molecule has 0 aromatic heterocycles. The number of nitro groups is 1. The van der Waals surface area contributed by atoms with Gasteiger partial charge in [-0.25, -0.2) is 4.79 Å². The summed E-state index contributed by atoms with van der Waals surface area (Å²) < 4.78 is 21.7. The zero-order chi connectivity index (χ0) is 23.9. The molecule has 4 rings (SSSR count). The van der Waals surface area contributed by atoms with Crippen LogP contribution in [-0.4, -0.2) is 36.6 Å². The van der Waals surface area contributed by atoms with E-state index in [0.717, 1.165) is 0 Å². The molecule has 10 heteroatoms. The van der Waals surface area contributed by atoms with Crippen LogP contribution in [-0.2, 0) is 9.53 Å². The van der Waals surface area contributed by atoms with Gasteiger partial charge in [-0.2, -0.15) is 0 Å². The second-order valence-corrected chi connectivity index (χ2v) is 7.19. The summed E-state index contributed by atoms with van der Waals surface area (Å²) in [6.45, 7) is 0.0977. The maximum absolute atomic E-state index is 12.4. The molecule has 1 N–H and O–H groups in total. The highest BCUT2D eigenvalue weighted by atomic mass is 16.6. The van der Waals surface area contributed by atoms with Gasteiger partial charge in [-0.1, -0.05) is 24.3 Å². The fourth-order valence-corrected chi connectivity index (χ4v) is 3.16. The molecular weight excluding hydrogens is 444 g/mol. The second kappa shape index (κ2) is 10.3. The Bertz CT molecular complexity index is 1210. The summed E-state index contributed by atoms with van der Waals surface area (Å²) in [5.41, 5.74) is -0.272. The van der Waals surface area contributed by atoms with E-state index < -0.39 is 23.4 Å². The Hall–Kier alpha value is -4.60. The molecule has 3 aromatic rings. The van der Waals surface area contributed by atoms with E-state index in [1.54, 1.807) is 24.3 Å². The van der Waals surface area contributed by atoms with Gasteiger partial charge in [-0.3, -0.25) is 14.9 Å². The number of ether oxygens (including phenoxy) is 4. The largest absolute Gasteiger partial charge is 0.489 e. The van der Waals surface area contributed by atoms with Crippen molar-refractivity contribution in [2.45, 2.75) is 6.42 Å². The fraction of sp³-hybridized carbons (Fsp3) is 0.167. The van der Waals surface area contributed by atoms with Gasteiger partial charge in [0.1, 0.15) is 17.2 Å². The minimum Gasteiger partial charge on any atom is -0.489 e. The lowest BCUT2D eigenvalue weighted by molar-refractivity contribution is -0.384. The van der Waals surface area contributed by atoms with Crippen LogP contribution < -0.4 is 19.5 Å². The number of esters is 1. The van der Waals surface area contributed by atoms with Crippen LogP contribution in [0.25, 0.3) is 0 Å². The molecule has 0 atom stereocenters. The molecule has 0 spiro atoms. The van der Waals surface area contributed by atoms with Crippen LogP contribution >= 0.6 is 0 Å². The Kier molecular flexibility index (Phi) is 6.87. The number of nitrogens with one attached hydrogen (secondary N) is 1. The molecule has 34 heavy (non-hydrogen) atoms. The minimum atomic E-state index is -0.748. The summed E-state index contributed by atoms with van der Waals surface area (Å²) in [5, 5.41) is 13.8. The lowest BCUT2D eigenvalue weighted by atomic mass is 10.2. The van der Waals surface area contributed by atoms with Crippen LogP contribution in [0.4, 0.5) is 11.4 Å². The van der Waals surface area contributed by atoms with Gasteiger partial charge in [0.2, 0.25) is 0 Å². The number of carbonyl (C=O) groups is 2. The first-order valence-corrected chi connectivity index (χ1v) is 10.4. The summed E-state index contributed by atoms with van der Waals surface area (Å²) in [5.74, 6) is 0.0401. The molecule has 1 aliphatic rings. The predicted molar refractivity (Wildman–Crippen MR) is 121 cm³/mol. The van der Waals surface area contributed by atoms with Crippen molar-refractivity contribution in [3.05, 3.63) is 82.4 Å². The molecule has 0 fully saturated rings. The third kappa shape index (κ3) is 5.60. The molecule has 0 saturated carbocycles. The van der Waals surface area contributed by atoms with Crippen molar-refractivity contribution in [1.82, 2.24) is 0 Å². The second-order valence-electron chi connectivity index (χ2n) is 7.19. The van der Waals surface area contributed by atoms with E-state index in [0.29, 0.717) is 31.1 Å². The Balaban J connectivity index is 1.39. The molecular formula is C24H20N2O8. The lowest BCUT2D eigenvalue weighted by Crippen LogP contribution is -2.21. The summed E-state index contributed by atoms with van der Waals surface area (Å²) in [6, 6.07) is 17.9. The smallest absolute Gasteiger partial charge is 0.338 e. The Morgan fingerprint density at radius 2 is 1.65 bits per heavy atom. The highest BCUT2D eigenvalue weighted by Gasteiger charge is 2.23. The van der Waals surface area contributed by atoms with Crippen molar-refractivity contribution < 1.29 is 33.5 Å². The summed E-state index contributed by atoms with van der Waals surface area (Å²) in [4.78, 5) is 35.6. The van der Waals surface area contributed by atoms with Crippen molar-refractivity contribution in [2.75, 3.05) is 25.1 Å². The summed E-state index contributed by atoms with van der Waals surface area (Å²) in [6.07, 6.45) is 0.623. The van der Waals surface area contributed by atoms with Gasteiger partial charge in [-0.05, 0) is 30.3 Å². The van der Waals surface area contributed by atoms with Gasteiger partial charge in [0.25, 0.3) is 11.6 Å². The Morgan fingerprint density at radius 3 is 2.38 bits per heavy atom. The highest BCUT2D eigenvalue weighted by Crippen LogP contribution is 2.39. The van der Waals surface area contributed by atoms with Crippen LogP contribution in [0, 0.1) is 10.1 Å². The molecule has 0 aliphatic carbocycles. The first kappa shape index (κ1) is 22.6. The van der Waals surface area contributed by atoms with Gasteiger partial charge in [0.15, 0.2) is 18.1 Å². The molecule has 0 bridgehead atoms. The number of para-hydroxylation sites is 1. The molecule has 1 heterocycles. The number of anilines is 1. The Labute approximate surface area is 194 Å². The number of nitrogens with zero attached hydrogens (tertiary/aromatic N) is 1. The molecule has 10 nitrogen and oxygen atoms in total. The molecule has 0 radical (unpaired) electrons. The third-order valence-corrected chi connectivity index (χ3v) is 4.72. The van der Waals surface area contributed by atoms with Gasteiger partial charge in [0.05, 0.1) is 29.8 Å². The monoisotopic (exact) mass is 464 g/mol. The van der Waals surface area contributed by atoms with E-state index in [9.17, 15) is 19.7 Å². The number of benzene rings is 3. The molecule has 0 saturated heterocycles. The zero-order valence-corrected chi connectivity index (χ0v) is 17.9. The standard InChI is InChI=1S/C24H20N2O8/c27-23(25-19-13-21-22(14-20(19)26(29)30)32-11-5-10-31-21)15-33-24(28)16-6-4-9-18(12-16)34-17-7-2-1-3-8-17/h1-4,6-9,12-14H,5,10-11,15H2,(H,25,27). The maximum Gasteiger partial charge on any atom is 0.338 e. The first-order valence-electron chi connectivity index (χ1n) is 10.4. The lowest BCUT2D eigenvalue weighted by Gasteiger charge is -2.11. The predicted octanol–water partition coefficient (Wildman–Crippen LogP) is 4.34. The van der Waals surface area contributed by atoms with Crippen molar-refractivity contribution in [2.24, 2.45) is 0 Å². The maximum atomic E-state index is 12.4. The minimum absolute atomic E-state index is 0.0893. The number of hydrogen-bond acceptors (Lipinski definition) is 8. The van der Waals surface area contributed by atoms with Gasteiger partial charge < -0.3 is 24.3 Å². The number of rotatable bonds is 7. The quantitative estimate of drug-likeness (QED) is 0.311. The summed E-state index contributed by atoms with van der Waals surface area (Å²) in [7, 11) is 0. The summed E-state index contributed by atoms with van der Waals surface area (Å²) >= 11 is 0. The van der Waals surface area contributed by atoms with Crippen molar-refractivity contribution in [1.29, 1.82) is 0 Å². The van der Waals surface area contributed by atoms with Gasteiger partial charge in [-0.15, -0.1) is 0 Å². The van der Waals surface area contributed by atoms with Crippen LogP contribution in [0.2, 0.25) is 0 Å². The van der Waals surface area contributed by atoms with E-state index in [1.165, 1.54) is 24.3 Å². The van der Waals surface area contributed by atoms with E-state index in [4.69, 9.17) is 18.9 Å². The first-order chi connectivity index (χ1) is 16.5. The SMILES string of the molecule is O=C(COC(=O)c1cccc(Oc2ccccc2)c1)Nc1cc2c(cc1[N+](=O)[O-])OCCCO2. The zero-order valence-electron chi connectivity index (χ0n) is 17.9. The molecule has 174 valence electrons. The normalized spacial score (nSPS) is 12.2. The number of amides is 1. The van der Waals surface area contributed by atoms with Crippen LogP contribution in [0.3, 0.4) is 0 Å². The number of hydrogen-bond donors (Lipinski definition) is 1. The highest BCUT2D eigenvalue weighted by molar-refractivity contribution is 5.97. The van der Waals surface area contributed by atoms with E-state index >= 15 is 0 Å². The molecule has 1 amide bonds. The van der Waals surface area contributed by atoms with Crippen LogP contribution in [0.15, 0.2) is 66.7 Å². The van der Waals surface area contributed by atoms with Crippen LogP contribution in [0.1, 0.15) is 16.8 Å². The number of nitro benzene ring substituents is 1. The third-order valence-electron chi connectivity index (χ3n) is 4.72. The van der Waals surface area contributed by atoms with E-state index in [2.05, 4.69) is 5.32 Å². The van der Waals surface area contributed by atoms with Crippen LogP contribution in [0.5, 0.6) is 23.0 Å². The average Bonchev–Trinajstić information content (AvgIpc) is 3.07. The molecule has 3 aromatic carbocycles. The van der Waals surface area contributed by atoms with Crippen molar-refractivity contribution in [3.8, 4) is 23.0 Å². The van der Waals surface area contributed by atoms with Crippen molar-refractivity contribution in [3.63, 3.8) is 0 Å². The topological polar surface area (TPSA) is 126 Å². The van der Waals surface area contributed by atoms with E-state index in [1.807, 2.05) is 18.2 Å².